The van der Waals surface area contributed by atoms with Crippen LogP contribution in [0.5, 0.6) is 0 Å². The van der Waals surface area contributed by atoms with E-state index in [1.807, 2.05) is 6.08 Å². The van der Waals surface area contributed by atoms with Crippen LogP contribution in [0.1, 0.15) is 66.2 Å². The first kappa shape index (κ1) is 12.4. The van der Waals surface area contributed by atoms with Crippen molar-refractivity contribution in [3.05, 3.63) is 11.6 Å². The summed E-state index contributed by atoms with van der Waals surface area (Å²) in [7, 11) is 0. The van der Waals surface area contributed by atoms with Gasteiger partial charge in [0.1, 0.15) is 0 Å². The summed E-state index contributed by atoms with van der Waals surface area (Å²) in [5.41, 5.74) is 2.82. The largest absolute Gasteiger partial charge is 0.295 e. The van der Waals surface area contributed by atoms with Gasteiger partial charge < -0.3 is 0 Å². The third-order valence-corrected chi connectivity index (χ3v) is 7.03. The van der Waals surface area contributed by atoms with Gasteiger partial charge in [0.05, 0.1) is 0 Å². The molecule has 0 aliphatic heterocycles. The van der Waals surface area contributed by atoms with Crippen LogP contribution in [0, 0.1) is 22.2 Å². The summed E-state index contributed by atoms with van der Waals surface area (Å²) in [5.74, 6) is 1.06. The molecule has 4 bridgehead atoms. The standard InChI is InChI=1S/C17H26O/c1-12(10-13(2)18)17-8-5-7-16(4)14(17)6-9-15(16,3)11-17/h10,14H,5-9,11H2,1-4H3/b12-10+/t14-,15-,16-,17-/m0/s1. The molecule has 3 saturated carbocycles. The van der Waals surface area contributed by atoms with Crippen LogP contribution >= 0.6 is 0 Å². The number of rotatable bonds is 2. The summed E-state index contributed by atoms with van der Waals surface area (Å²) < 4.78 is 0. The molecule has 0 aromatic carbocycles. The second kappa shape index (κ2) is 3.49. The van der Waals surface area contributed by atoms with E-state index in [9.17, 15) is 4.79 Å². The van der Waals surface area contributed by atoms with Gasteiger partial charge >= 0.3 is 0 Å². The molecule has 0 heterocycles. The van der Waals surface area contributed by atoms with E-state index in [2.05, 4.69) is 20.8 Å². The second-order valence-electron chi connectivity index (χ2n) is 7.69. The first-order valence-corrected chi connectivity index (χ1v) is 7.53. The van der Waals surface area contributed by atoms with Crippen LogP contribution in [0.3, 0.4) is 0 Å². The van der Waals surface area contributed by atoms with Crippen molar-refractivity contribution in [3.8, 4) is 0 Å². The van der Waals surface area contributed by atoms with Crippen molar-refractivity contribution in [1.29, 1.82) is 0 Å². The molecule has 0 spiro atoms. The molecule has 1 heteroatoms. The minimum atomic E-state index is 0.224. The SMILES string of the molecule is CC(=O)/C=C(\C)[C@@]12CCC[C@@]3(C)[C@@H]1CC[C@@]3(C)C2. The van der Waals surface area contributed by atoms with E-state index in [-0.39, 0.29) is 5.78 Å². The van der Waals surface area contributed by atoms with E-state index < -0.39 is 0 Å². The number of hydrogen-bond acceptors (Lipinski definition) is 1. The van der Waals surface area contributed by atoms with Crippen LogP contribution in [-0.4, -0.2) is 5.78 Å². The summed E-state index contributed by atoms with van der Waals surface area (Å²) >= 11 is 0. The van der Waals surface area contributed by atoms with Crippen molar-refractivity contribution < 1.29 is 4.79 Å². The zero-order valence-electron chi connectivity index (χ0n) is 12.3. The lowest BCUT2D eigenvalue weighted by Crippen LogP contribution is -2.37. The molecule has 3 aliphatic rings. The molecule has 100 valence electrons. The van der Waals surface area contributed by atoms with Crippen molar-refractivity contribution in [1.82, 2.24) is 0 Å². The minimum absolute atomic E-state index is 0.224. The van der Waals surface area contributed by atoms with E-state index in [0.29, 0.717) is 16.2 Å². The van der Waals surface area contributed by atoms with Crippen LogP contribution < -0.4 is 0 Å². The van der Waals surface area contributed by atoms with Gasteiger partial charge in [-0.25, -0.2) is 0 Å². The highest BCUT2D eigenvalue weighted by molar-refractivity contribution is 5.88. The van der Waals surface area contributed by atoms with Gasteiger partial charge in [-0.05, 0) is 74.2 Å². The Morgan fingerprint density at radius 2 is 1.89 bits per heavy atom. The average Bonchev–Trinajstić information content (AvgIpc) is 2.56. The van der Waals surface area contributed by atoms with Gasteiger partial charge in [-0.3, -0.25) is 4.79 Å². The molecule has 0 saturated heterocycles. The molecule has 0 unspecified atom stereocenters. The molecule has 18 heavy (non-hydrogen) atoms. The van der Waals surface area contributed by atoms with E-state index in [1.54, 1.807) is 6.92 Å². The van der Waals surface area contributed by atoms with Crippen molar-refractivity contribution in [3.63, 3.8) is 0 Å². The second-order valence-corrected chi connectivity index (χ2v) is 7.69. The summed E-state index contributed by atoms with van der Waals surface area (Å²) in [4.78, 5) is 11.5. The zero-order chi connectivity index (χ0) is 13.2. The number of carbonyl (C=O) groups is 1. The van der Waals surface area contributed by atoms with Crippen molar-refractivity contribution >= 4 is 5.78 Å². The van der Waals surface area contributed by atoms with Crippen LogP contribution in [-0.2, 0) is 4.79 Å². The van der Waals surface area contributed by atoms with Gasteiger partial charge in [-0.2, -0.15) is 0 Å². The lowest BCUT2D eigenvalue weighted by atomic mass is 9.59. The van der Waals surface area contributed by atoms with Crippen molar-refractivity contribution in [2.45, 2.75) is 66.2 Å². The van der Waals surface area contributed by atoms with Gasteiger partial charge in [0.25, 0.3) is 0 Å². The molecule has 0 aromatic rings. The smallest absolute Gasteiger partial charge is 0.152 e. The fourth-order valence-corrected chi connectivity index (χ4v) is 6.05. The normalized spacial score (nSPS) is 50.7. The van der Waals surface area contributed by atoms with Crippen molar-refractivity contribution in [2.24, 2.45) is 22.2 Å². The molecular weight excluding hydrogens is 220 g/mol. The Bertz CT molecular complexity index is 435. The van der Waals surface area contributed by atoms with Gasteiger partial charge in [-0.1, -0.05) is 25.8 Å². The summed E-state index contributed by atoms with van der Waals surface area (Å²) in [6.45, 7) is 8.96. The van der Waals surface area contributed by atoms with E-state index >= 15 is 0 Å². The highest BCUT2D eigenvalue weighted by Crippen LogP contribution is 2.78. The first-order chi connectivity index (χ1) is 8.34. The van der Waals surface area contributed by atoms with Crippen LogP contribution in [0.2, 0.25) is 0 Å². The molecule has 1 nitrogen and oxygen atoms in total. The number of ketones is 1. The molecule has 0 N–H and O–H groups in total. The van der Waals surface area contributed by atoms with Crippen LogP contribution in [0.4, 0.5) is 0 Å². The van der Waals surface area contributed by atoms with Crippen LogP contribution in [0.15, 0.2) is 11.6 Å². The van der Waals surface area contributed by atoms with E-state index in [4.69, 9.17) is 0 Å². The first-order valence-electron chi connectivity index (χ1n) is 7.53. The Morgan fingerprint density at radius 1 is 1.17 bits per heavy atom. The lowest BCUT2D eigenvalue weighted by molar-refractivity contribution is -0.112. The number of carbonyl (C=O) groups excluding carboxylic acids is 1. The molecule has 0 aromatic heterocycles. The highest BCUT2D eigenvalue weighted by atomic mass is 16.1. The lowest BCUT2D eigenvalue weighted by Gasteiger charge is -2.46. The molecule has 3 fully saturated rings. The van der Waals surface area contributed by atoms with Gasteiger partial charge in [0, 0.05) is 0 Å². The Kier molecular flexibility index (Phi) is 2.41. The molecule has 0 amide bonds. The Labute approximate surface area is 111 Å². The topological polar surface area (TPSA) is 17.1 Å². The average molecular weight is 246 g/mol. The Hall–Kier alpha value is -0.590. The maximum atomic E-state index is 11.5. The minimum Gasteiger partial charge on any atom is -0.295 e. The number of hydrogen-bond donors (Lipinski definition) is 0. The third kappa shape index (κ3) is 1.26. The molecule has 4 atom stereocenters. The Balaban J connectivity index is 2.07. The summed E-state index contributed by atoms with van der Waals surface area (Å²) in [6, 6.07) is 0. The predicted molar refractivity (Wildman–Crippen MR) is 74.3 cm³/mol. The van der Waals surface area contributed by atoms with Crippen molar-refractivity contribution in [2.75, 3.05) is 0 Å². The maximum Gasteiger partial charge on any atom is 0.152 e. The zero-order valence-corrected chi connectivity index (χ0v) is 12.3. The molecule has 0 radical (unpaired) electrons. The van der Waals surface area contributed by atoms with E-state index in [1.165, 1.54) is 44.1 Å². The highest BCUT2D eigenvalue weighted by Gasteiger charge is 2.70. The van der Waals surface area contributed by atoms with Gasteiger partial charge in [0.2, 0.25) is 0 Å². The third-order valence-electron chi connectivity index (χ3n) is 7.03. The maximum absolute atomic E-state index is 11.5. The monoisotopic (exact) mass is 246 g/mol. The van der Waals surface area contributed by atoms with Gasteiger partial charge in [-0.15, -0.1) is 0 Å². The fourth-order valence-electron chi connectivity index (χ4n) is 6.05. The summed E-state index contributed by atoms with van der Waals surface area (Å²) in [5, 5.41) is 0. The molecule has 3 rings (SSSR count). The molecule has 3 aliphatic carbocycles. The predicted octanol–water partition coefficient (Wildman–Crippen LogP) is 4.52. The Morgan fingerprint density at radius 3 is 2.56 bits per heavy atom. The van der Waals surface area contributed by atoms with E-state index in [0.717, 1.165) is 5.92 Å². The van der Waals surface area contributed by atoms with Crippen LogP contribution in [0.25, 0.3) is 0 Å². The quantitative estimate of drug-likeness (QED) is 0.655. The number of allylic oxidation sites excluding steroid dienone is 2. The fraction of sp³-hybridized carbons (Fsp3) is 0.824. The van der Waals surface area contributed by atoms with Gasteiger partial charge in [0.15, 0.2) is 5.78 Å². The molecular formula is C17H26O. The summed E-state index contributed by atoms with van der Waals surface area (Å²) in [6.07, 6.45) is 10.1.